The summed E-state index contributed by atoms with van der Waals surface area (Å²) in [5.41, 5.74) is 1.96. The Balaban J connectivity index is 1.53. The van der Waals surface area contributed by atoms with Crippen LogP contribution in [0.2, 0.25) is 0 Å². The van der Waals surface area contributed by atoms with Gasteiger partial charge in [0.1, 0.15) is 17.7 Å². The van der Waals surface area contributed by atoms with Crippen molar-refractivity contribution in [1.82, 2.24) is 20.4 Å². The lowest BCUT2D eigenvalue weighted by atomic mass is 10.1. The average Bonchev–Trinajstić information content (AvgIpc) is 3.28. The van der Waals surface area contributed by atoms with Crippen LogP contribution in [0.15, 0.2) is 47.8 Å². The number of carbonyl (C=O) groups is 1. The molecule has 0 unspecified atom stereocenters. The normalized spacial score (nSPS) is 16.5. The van der Waals surface area contributed by atoms with Gasteiger partial charge in [-0.05, 0) is 48.2 Å². The second-order valence-electron chi connectivity index (χ2n) is 5.88. The number of carbonyl (C=O) groups excluding carboxylic acids is 1. The summed E-state index contributed by atoms with van der Waals surface area (Å²) in [5, 5.41) is 13.0. The third-order valence-corrected chi connectivity index (χ3v) is 5.13. The minimum atomic E-state index is -0.293. The molecule has 1 atom stereocenters. The number of nitrogens with one attached hydrogen (secondary N) is 2. The molecule has 1 aromatic carbocycles. The van der Waals surface area contributed by atoms with Gasteiger partial charge >= 0.3 is 0 Å². The molecule has 3 aromatic rings. The van der Waals surface area contributed by atoms with Crippen molar-refractivity contribution < 1.29 is 9.18 Å². The van der Waals surface area contributed by atoms with Gasteiger partial charge in [-0.15, -0.1) is 11.3 Å². The first kappa shape index (κ1) is 16.0. The summed E-state index contributed by atoms with van der Waals surface area (Å²) in [6.07, 6.45) is 0.839. The second kappa shape index (κ2) is 6.78. The molecule has 0 radical (unpaired) electrons. The van der Waals surface area contributed by atoms with Gasteiger partial charge in [-0.3, -0.25) is 10.1 Å². The van der Waals surface area contributed by atoms with E-state index in [4.69, 9.17) is 0 Å². The van der Waals surface area contributed by atoms with Crippen molar-refractivity contribution in [3.63, 3.8) is 0 Å². The fraction of sp³-hybridized carbons (Fsp3) is 0.222. The summed E-state index contributed by atoms with van der Waals surface area (Å²) in [4.78, 5) is 13.5. The smallest absolute Gasteiger partial charge is 0.269 e. The Morgan fingerprint density at radius 1 is 1.32 bits per heavy atom. The topological polar surface area (TPSA) is 59.0 Å². The van der Waals surface area contributed by atoms with Gasteiger partial charge in [0.25, 0.3) is 5.91 Å². The number of nitrogens with zero attached hydrogens (tertiary/aromatic N) is 2. The van der Waals surface area contributed by atoms with Gasteiger partial charge < -0.3 is 5.32 Å². The number of hydrogen-bond donors (Lipinski definition) is 2. The Kier molecular flexibility index (Phi) is 4.33. The number of amides is 1. The zero-order valence-electron chi connectivity index (χ0n) is 13.4. The van der Waals surface area contributed by atoms with E-state index in [1.807, 2.05) is 6.07 Å². The van der Waals surface area contributed by atoms with Crippen LogP contribution in [0.3, 0.4) is 0 Å². The summed E-state index contributed by atoms with van der Waals surface area (Å²) < 4.78 is 14.8. The largest absolute Gasteiger partial charge is 0.347 e. The number of thiophene rings is 1. The zero-order valence-corrected chi connectivity index (χ0v) is 14.2. The van der Waals surface area contributed by atoms with E-state index in [0.29, 0.717) is 17.9 Å². The Labute approximate surface area is 148 Å². The first-order chi connectivity index (χ1) is 12.2. The highest BCUT2D eigenvalue weighted by atomic mass is 32.1. The van der Waals surface area contributed by atoms with E-state index in [0.717, 1.165) is 18.5 Å². The predicted octanol–water partition coefficient (Wildman–Crippen LogP) is 2.83. The van der Waals surface area contributed by atoms with E-state index in [9.17, 15) is 9.18 Å². The van der Waals surface area contributed by atoms with Gasteiger partial charge in [-0.25, -0.2) is 9.07 Å². The van der Waals surface area contributed by atoms with E-state index in [-0.39, 0.29) is 17.9 Å². The monoisotopic (exact) mass is 356 g/mol. The number of halogens is 1. The summed E-state index contributed by atoms with van der Waals surface area (Å²) in [6.45, 7) is 1.28. The van der Waals surface area contributed by atoms with Crippen LogP contribution in [0.25, 0.3) is 11.3 Å². The first-order valence-corrected chi connectivity index (χ1v) is 8.98. The average molecular weight is 356 g/mol. The molecule has 1 aliphatic rings. The third kappa shape index (κ3) is 3.33. The Bertz CT molecular complexity index is 873. The summed E-state index contributed by atoms with van der Waals surface area (Å²) in [5.74, 6) is -0.434. The molecule has 1 amide bonds. The number of rotatable bonds is 5. The van der Waals surface area contributed by atoms with Crippen LogP contribution in [-0.2, 0) is 6.42 Å². The van der Waals surface area contributed by atoms with Crippen molar-refractivity contribution in [3.8, 4) is 11.3 Å². The molecule has 0 aliphatic carbocycles. The molecule has 0 spiro atoms. The van der Waals surface area contributed by atoms with Gasteiger partial charge in [0.05, 0.1) is 12.2 Å². The molecular formula is C18H17FN4OS. The minimum absolute atomic E-state index is 0.0955. The van der Waals surface area contributed by atoms with Crippen molar-refractivity contribution in [3.05, 3.63) is 64.2 Å². The highest BCUT2D eigenvalue weighted by Crippen LogP contribution is 2.23. The summed E-state index contributed by atoms with van der Waals surface area (Å²) in [7, 11) is 0. The highest BCUT2D eigenvalue weighted by molar-refractivity contribution is 7.09. The SMILES string of the molecule is O=C1NC[C@@H](NCCc2cccs2)n2nc(-c3ccc(F)cc3)cc21. The van der Waals surface area contributed by atoms with Crippen molar-refractivity contribution in [1.29, 1.82) is 0 Å². The Morgan fingerprint density at radius 2 is 2.16 bits per heavy atom. The van der Waals surface area contributed by atoms with Gasteiger partial charge in [0.15, 0.2) is 0 Å². The standard InChI is InChI=1S/C18H17FN4OS/c19-13-5-3-12(4-6-13)15-10-16-18(24)21-11-17(23(16)22-15)20-8-7-14-2-1-9-25-14/h1-6,9-10,17,20H,7-8,11H2,(H,21,24)/t17-/m0/s1. The number of hydrogen-bond acceptors (Lipinski definition) is 4. The molecule has 0 bridgehead atoms. The lowest BCUT2D eigenvalue weighted by Crippen LogP contribution is -2.45. The van der Waals surface area contributed by atoms with Gasteiger partial charge in [-0.2, -0.15) is 5.10 Å². The molecule has 0 saturated carbocycles. The van der Waals surface area contributed by atoms with Crippen LogP contribution >= 0.6 is 11.3 Å². The lowest BCUT2D eigenvalue weighted by Gasteiger charge is -2.25. The molecule has 1 aliphatic heterocycles. The maximum Gasteiger partial charge on any atom is 0.269 e. The van der Waals surface area contributed by atoms with E-state index in [1.54, 1.807) is 34.2 Å². The lowest BCUT2D eigenvalue weighted by molar-refractivity contribution is 0.0901. The molecule has 3 heterocycles. The number of aromatic nitrogens is 2. The summed E-state index contributed by atoms with van der Waals surface area (Å²) >= 11 is 1.74. The maximum atomic E-state index is 13.1. The van der Waals surface area contributed by atoms with E-state index in [2.05, 4.69) is 27.2 Å². The molecule has 7 heteroatoms. The molecule has 2 N–H and O–H groups in total. The van der Waals surface area contributed by atoms with Crippen molar-refractivity contribution in [2.24, 2.45) is 0 Å². The highest BCUT2D eigenvalue weighted by Gasteiger charge is 2.27. The van der Waals surface area contributed by atoms with Crippen LogP contribution in [0.4, 0.5) is 4.39 Å². The molecule has 2 aromatic heterocycles. The molecular weight excluding hydrogens is 339 g/mol. The first-order valence-electron chi connectivity index (χ1n) is 8.10. The molecule has 0 fully saturated rings. The number of benzene rings is 1. The van der Waals surface area contributed by atoms with Crippen molar-refractivity contribution in [2.75, 3.05) is 13.1 Å². The number of fused-ring (bicyclic) bond motifs is 1. The fourth-order valence-electron chi connectivity index (χ4n) is 2.91. The molecule has 4 rings (SSSR count). The van der Waals surface area contributed by atoms with Crippen LogP contribution in [0.5, 0.6) is 0 Å². The Hall–Kier alpha value is -2.51. The molecule has 128 valence electrons. The second-order valence-corrected chi connectivity index (χ2v) is 6.91. The van der Waals surface area contributed by atoms with Gasteiger partial charge in [0.2, 0.25) is 0 Å². The molecule has 0 saturated heterocycles. The predicted molar refractivity (Wildman–Crippen MR) is 95.0 cm³/mol. The van der Waals surface area contributed by atoms with Crippen LogP contribution < -0.4 is 10.6 Å². The Morgan fingerprint density at radius 3 is 2.92 bits per heavy atom. The van der Waals surface area contributed by atoms with E-state index in [1.165, 1.54) is 17.0 Å². The molecule has 25 heavy (non-hydrogen) atoms. The quantitative estimate of drug-likeness (QED) is 0.739. The van der Waals surface area contributed by atoms with Crippen LogP contribution in [0, 0.1) is 5.82 Å². The van der Waals surface area contributed by atoms with E-state index < -0.39 is 0 Å². The maximum absolute atomic E-state index is 13.1. The van der Waals surface area contributed by atoms with Gasteiger partial charge in [0, 0.05) is 17.0 Å². The minimum Gasteiger partial charge on any atom is -0.347 e. The fourth-order valence-corrected chi connectivity index (χ4v) is 3.61. The summed E-state index contributed by atoms with van der Waals surface area (Å²) in [6, 6.07) is 12.0. The van der Waals surface area contributed by atoms with E-state index >= 15 is 0 Å². The van der Waals surface area contributed by atoms with Crippen LogP contribution in [0.1, 0.15) is 21.5 Å². The van der Waals surface area contributed by atoms with Crippen molar-refractivity contribution >= 4 is 17.2 Å². The van der Waals surface area contributed by atoms with Crippen molar-refractivity contribution in [2.45, 2.75) is 12.6 Å². The molecule has 5 nitrogen and oxygen atoms in total. The third-order valence-electron chi connectivity index (χ3n) is 4.19. The zero-order chi connectivity index (χ0) is 17.2. The van der Waals surface area contributed by atoms with Crippen LogP contribution in [-0.4, -0.2) is 28.8 Å². The van der Waals surface area contributed by atoms with Gasteiger partial charge in [-0.1, -0.05) is 6.07 Å².